The molecule has 1 aromatic rings. The van der Waals surface area contributed by atoms with Crippen molar-refractivity contribution < 1.29 is 19.1 Å². The highest BCUT2D eigenvalue weighted by atomic mass is 16.6. The summed E-state index contributed by atoms with van der Waals surface area (Å²) in [5.74, 6) is -0.613. The Morgan fingerprint density at radius 1 is 1.09 bits per heavy atom. The number of carbonyl (C=O) groups excluding carboxylic acids is 3. The van der Waals surface area contributed by atoms with E-state index < -0.39 is 29.3 Å². The van der Waals surface area contributed by atoms with Crippen molar-refractivity contribution in [3.8, 4) is 0 Å². The molecule has 0 aliphatic heterocycles. The average molecular weight is 488 g/mol. The summed E-state index contributed by atoms with van der Waals surface area (Å²) in [5, 5.41) is 5.67. The third-order valence-electron chi connectivity index (χ3n) is 5.16. The van der Waals surface area contributed by atoms with Crippen LogP contribution >= 0.6 is 0 Å². The number of carbonyl (C=O) groups is 3. The van der Waals surface area contributed by atoms with Crippen LogP contribution in [-0.2, 0) is 14.3 Å². The number of alkyl carbamates (subject to hydrolysis) is 1. The van der Waals surface area contributed by atoms with Crippen LogP contribution in [0, 0.1) is 0 Å². The molecular formula is C28H45N3O4. The van der Waals surface area contributed by atoms with Gasteiger partial charge >= 0.3 is 6.09 Å². The van der Waals surface area contributed by atoms with Gasteiger partial charge in [0.05, 0.1) is 0 Å². The number of rotatable bonds is 11. The summed E-state index contributed by atoms with van der Waals surface area (Å²) in [6.45, 7) is 19.0. The predicted molar refractivity (Wildman–Crippen MR) is 142 cm³/mol. The van der Waals surface area contributed by atoms with E-state index in [1.807, 2.05) is 45.0 Å². The van der Waals surface area contributed by atoms with E-state index in [4.69, 9.17) is 4.74 Å². The Balaban J connectivity index is 3.39. The van der Waals surface area contributed by atoms with Gasteiger partial charge in [-0.25, -0.2) is 4.79 Å². The summed E-state index contributed by atoms with van der Waals surface area (Å²) >= 11 is 0. The van der Waals surface area contributed by atoms with E-state index >= 15 is 0 Å². The molecule has 0 aliphatic carbocycles. The first-order chi connectivity index (χ1) is 16.2. The maximum absolute atomic E-state index is 13.7. The van der Waals surface area contributed by atoms with Gasteiger partial charge in [0, 0.05) is 12.1 Å². The fourth-order valence-electron chi connectivity index (χ4n) is 3.64. The highest BCUT2D eigenvalue weighted by Crippen LogP contribution is 2.26. The summed E-state index contributed by atoms with van der Waals surface area (Å²) in [7, 11) is 0. The SMILES string of the molecule is C=Cc1cccc(C(C(=O)NC(C)(C)C)N(CCCCCC)C(=O)C(C)NC(=O)OC(C)(C)C)c1. The third kappa shape index (κ3) is 11.0. The molecule has 0 spiro atoms. The summed E-state index contributed by atoms with van der Waals surface area (Å²) < 4.78 is 5.33. The minimum absolute atomic E-state index is 0.271. The molecular weight excluding hydrogens is 442 g/mol. The quantitative estimate of drug-likeness (QED) is 0.397. The molecule has 0 heterocycles. The van der Waals surface area contributed by atoms with E-state index in [1.165, 1.54) is 0 Å². The smallest absolute Gasteiger partial charge is 0.408 e. The Labute approximate surface area is 211 Å². The van der Waals surface area contributed by atoms with Crippen molar-refractivity contribution in [2.75, 3.05) is 6.54 Å². The summed E-state index contributed by atoms with van der Waals surface area (Å²) in [6.07, 6.45) is 4.82. The summed E-state index contributed by atoms with van der Waals surface area (Å²) in [5.41, 5.74) is 0.377. The number of nitrogens with one attached hydrogen (secondary N) is 2. The number of amides is 3. The normalized spacial score (nSPS) is 13.4. The zero-order chi connectivity index (χ0) is 26.8. The van der Waals surface area contributed by atoms with Crippen LogP contribution in [0.3, 0.4) is 0 Å². The van der Waals surface area contributed by atoms with Gasteiger partial charge in [-0.15, -0.1) is 0 Å². The molecule has 2 N–H and O–H groups in total. The first-order valence-corrected chi connectivity index (χ1v) is 12.5. The van der Waals surface area contributed by atoms with Gasteiger partial charge in [-0.3, -0.25) is 9.59 Å². The molecule has 35 heavy (non-hydrogen) atoms. The van der Waals surface area contributed by atoms with E-state index in [2.05, 4.69) is 24.1 Å². The van der Waals surface area contributed by atoms with E-state index in [-0.39, 0.29) is 11.8 Å². The molecule has 0 aromatic heterocycles. The van der Waals surface area contributed by atoms with Gasteiger partial charge in [-0.1, -0.05) is 57.0 Å². The first kappa shape index (κ1) is 30.2. The summed E-state index contributed by atoms with van der Waals surface area (Å²) in [6, 6.07) is 5.74. The molecule has 0 saturated carbocycles. The molecule has 1 aromatic carbocycles. The van der Waals surface area contributed by atoms with Crippen LogP contribution in [-0.4, -0.2) is 46.5 Å². The van der Waals surface area contributed by atoms with Crippen molar-refractivity contribution in [2.24, 2.45) is 0 Å². The number of nitrogens with zero attached hydrogens (tertiary/aromatic N) is 1. The monoisotopic (exact) mass is 487 g/mol. The molecule has 0 radical (unpaired) electrons. The zero-order valence-electron chi connectivity index (χ0n) is 22.9. The van der Waals surface area contributed by atoms with Crippen molar-refractivity contribution >= 4 is 24.0 Å². The fraction of sp³-hybridized carbons (Fsp3) is 0.607. The van der Waals surface area contributed by atoms with E-state index in [0.29, 0.717) is 12.1 Å². The minimum atomic E-state index is -0.872. The van der Waals surface area contributed by atoms with Gasteiger partial charge in [-0.05, 0) is 72.1 Å². The maximum atomic E-state index is 13.7. The Morgan fingerprint density at radius 3 is 2.29 bits per heavy atom. The largest absolute Gasteiger partial charge is 0.444 e. The van der Waals surface area contributed by atoms with E-state index in [1.54, 1.807) is 38.7 Å². The van der Waals surface area contributed by atoms with Crippen LogP contribution in [0.1, 0.15) is 98.2 Å². The first-order valence-electron chi connectivity index (χ1n) is 12.5. The van der Waals surface area contributed by atoms with Crippen LogP contribution in [0.15, 0.2) is 30.8 Å². The molecule has 7 heteroatoms. The van der Waals surface area contributed by atoms with Gasteiger partial charge in [0.15, 0.2) is 0 Å². The highest BCUT2D eigenvalue weighted by Gasteiger charge is 2.35. The van der Waals surface area contributed by atoms with Crippen molar-refractivity contribution in [1.29, 1.82) is 0 Å². The minimum Gasteiger partial charge on any atom is -0.444 e. The Bertz CT molecular complexity index is 868. The number of hydrogen-bond acceptors (Lipinski definition) is 4. The molecule has 0 saturated heterocycles. The standard InChI is InChI=1S/C28H45N3O4/c1-10-12-13-14-18-31(25(33)20(3)29-26(34)35-28(7,8)9)23(24(32)30-27(4,5)6)22-17-15-16-21(11-2)19-22/h11,15-17,19-20,23H,2,10,12-14,18H2,1,3-9H3,(H,29,34)(H,30,32). The van der Waals surface area contributed by atoms with Gasteiger partial charge in [-0.2, -0.15) is 0 Å². The second kappa shape index (κ2) is 13.3. The van der Waals surface area contributed by atoms with Gasteiger partial charge in [0.25, 0.3) is 0 Å². The van der Waals surface area contributed by atoms with Crippen LogP contribution in [0.5, 0.6) is 0 Å². The Kier molecular flexibility index (Phi) is 11.5. The molecule has 3 amide bonds. The van der Waals surface area contributed by atoms with Gasteiger partial charge < -0.3 is 20.3 Å². The second-order valence-corrected chi connectivity index (χ2v) is 11.0. The van der Waals surface area contributed by atoms with Gasteiger partial charge in [0.2, 0.25) is 11.8 Å². The second-order valence-electron chi connectivity index (χ2n) is 11.0. The van der Waals surface area contributed by atoms with E-state index in [0.717, 1.165) is 31.2 Å². The van der Waals surface area contributed by atoms with Crippen LogP contribution in [0.2, 0.25) is 0 Å². The number of ether oxygens (including phenoxy) is 1. The molecule has 2 atom stereocenters. The van der Waals surface area contributed by atoms with Crippen molar-refractivity contribution in [1.82, 2.24) is 15.5 Å². The van der Waals surface area contributed by atoms with Gasteiger partial charge in [0.1, 0.15) is 17.7 Å². The predicted octanol–water partition coefficient (Wildman–Crippen LogP) is 5.61. The molecule has 196 valence electrons. The molecule has 7 nitrogen and oxygen atoms in total. The number of hydrogen-bond donors (Lipinski definition) is 2. The van der Waals surface area contributed by atoms with Crippen molar-refractivity contribution in [2.45, 2.75) is 104 Å². The third-order valence-corrected chi connectivity index (χ3v) is 5.16. The maximum Gasteiger partial charge on any atom is 0.408 e. The number of unbranched alkanes of at least 4 members (excludes halogenated alkanes) is 3. The Morgan fingerprint density at radius 2 is 1.74 bits per heavy atom. The lowest BCUT2D eigenvalue weighted by atomic mass is 9.98. The van der Waals surface area contributed by atoms with E-state index in [9.17, 15) is 14.4 Å². The molecule has 1 rings (SSSR count). The molecule has 0 bridgehead atoms. The molecule has 2 unspecified atom stereocenters. The lowest BCUT2D eigenvalue weighted by Crippen LogP contribution is -2.54. The fourth-order valence-corrected chi connectivity index (χ4v) is 3.64. The zero-order valence-corrected chi connectivity index (χ0v) is 22.9. The average Bonchev–Trinajstić information content (AvgIpc) is 2.72. The summed E-state index contributed by atoms with van der Waals surface area (Å²) in [4.78, 5) is 41.2. The Hall–Kier alpha value is -2.83. The topological polar surface area (TPSA) is 87.7 Å². The van der Waals surface area contributed by atoms with Crippen molar-refractivity contribution in [3.63, 3.8) is 0 Å². The lowest BCUT2D eigenvalue weighted by Gasteiger charge is -2.35. The van der Waals surface area contributed by atoms with Crippen LogP contribution < -0.4 is 10.6 Å². The highest BCUT2D eigenvalue weighted by molar-refractivity contribution is 5.92. The van der Waals surface area contributed by atoms with Crippen LogP contribution in [0.4, 0.5) is 4.79 Å². The van der Waals surface area contributed by atoms with Crippen LogP contribution in [0.25, 0.3) is 6.08 Å². The lowest BCUT2D eigenvalue weighted by molar-refractivity contribution is -0.142. The number of benzene rings is 1. The van der Waals surface area contributed by atoms with Crippen molar-refractivity contribution in [3.05, 3.63) is 42.0 Å². The molecule has 0 fully saturated rings. The molecule has 0 aliphatic rings.